The minimum Gasteiger partial charge on any atom is -0.322 e. The molecule has 0 aliphatic carbocycles. The summed E-state index contributed by atoms with van der Waals surface area (Å²) in [5, 5.41) is 0. The molecule has 1 unspecified atom stereocenters. The Morgan fingerprint density at radius 1 is 1.04 bits per heavy atom. The fourth-order valence-electron chi connectivity index (χ4n) is 1.91. The van der Waals surface area contributed by atoms with E-state index in [1.54, 1.807) is 18.4 Å². The van der Waals surface area contributed by atoms with Crippen molar-refractivity contribution >= 4 is 52.9 Å². The van der Waals surface area contributed by atoms with Crippen molar-refractivity contribution in [1.82, 2.24) is 4.90 Å². The van der Waals surface area contributed by atoms with Gasteiger partial charge in [0.15, 0.2) is 0 Å². The highest BCUT2D eigenvalue weighted by Crippen LogP contribution is 2.55. The van der Waals surface area contributed by atoms with Crippen molar-refractivity contribution in [3.63, 3.8) is 0 Å². The monoisotopic (exact) mass is 425 g/mol. The van der Waals surface area contributed by atoms with Gasteiger partial charge in [0.25, 0.3) is 6.57 Å². The molecule has 3 nitrogen and oxygen atoms in total. The normalized spacial score (nSPS) is 14.0. The number of thioether (sulfide) groups is 1. The molecular weight excluding hydrogens is 392 g/mol. The molecule has 8 heteroatoms. The Morgan fingerprint density at radius 2 is 1.52 bits per heavy atom. The van der Waals surface area contributed by atoms with Gasteiger partial charge in [0.2, 0.25) is 0 Å². The van der Waals surface area contributed by atoms with Gasteiger partial charge in [-0.05, 0) is 34.6 Å². The smallest absolute Gasteiger partial charge is 0.254 e. The molecule has 0 fully saturated rings. The van der Waals surface area contributed by atoms with Crippen LogP contribution in [-0.2, 0) is 9.09 Å². The summed E-state index contributed by atoms with van der Waals surface area (Å²) in [7, 11) is 0. The first-order valence-corrected chi connectivity index (χ1v) is 13.9. The van der Waals surface area contributed by atoms with Gasteiger partial charge in [0.05, 0.1) is 6.61 Å². The number of halogens is 2. The molecule has 0 N–H and O–H groups in total. The molecule has 0 aliphatic heterocycles. The number of hydrogen-bond donors (Lipinski definition) is 0. The van der Waals surface area contributed by atoms with Crippen LogP contribution in [0.3, 0.4) is 0 Å². The van der Waals surface area contributed by atoms with Gasteiger partial charge in [0, 0.05) is 54.3 Å². The SMILES string of the molecule is CCOP(C)(=O)SCCN(C(C)C)C(C)C.ClCCSCCCl. The van der Waals surface area contributed by atoms with Crippen LogP contribution in [0.4, 0.5) is 0 Å². The van der Waals surface area contributed by atoms with E-state index in [0.717, 1.165) is 35.6 Å². The number of rotatable bonds is 12. The van der Waals surface area contributed by atoms with Gasteiger partial charge < -0.3 is 4.52 Å². The van der Waals surface area contributed by atoms with Crippen LogP contribution >= 0.6 is 52.9 Å². The van der Waals surface area contributed by atoms with Crippen molar-refractivity contribution in [3.05, 3.63) is 0 Å². The van der Waals surface area contributed by atoms with Crippen molar-refractivity contribution in [2.75, 3.05) is 48.8 Å². The maximum atomic E-state index is 11.9. The second-order valence-corrected chi connectivity index (χ2v) is 12.7. The van der Waals surface area contributed by atoms with Crippen LogP contribution in [0.2, 0.25) is 0 Å². The third kappa shape index (κ3) is 18.0. The van der Waals surface area contributed by atoms with Crippen LogP contribution in [0.5, 0.6) is 0 Å². The lowest BCUT2D eigenvalue weighted by atomic mass is 10.2. The molecule has 0 aromatic rings. The molecule has 0 aromatic heterocycles. The van der Waals surface area contributed by atoms with Crippen molar-refractivity contribution in [3.8, 4) is 0 Å². The zero-order valence-electron chi connectivity index (χ0n) is 15.4. The summed E-state index contributed by atoms with van der Waals surface area (Å²) in [4.78, 5) is 2.40. The highest BCUT2D eigenvalue weighted by molar-refractivity contribution is 8.56. The largest absolute Gasteiger partial charge is 0.322 e. The van der Waals surface area contributed by atoms with E-state index in [0.29, 0.717) is 18.7 Å². The van der Waals surface area contributed by atoms with E-state index < -0.39 is 6.57 Å². The second kappa shape index (κ2) is 16.9. The molecule has 0 aromatic carbocycles. The maximum absolute atomic E-state index is 11.9. The van der Waals surface area contributed by atoms with Gasteiger partial charge in [-0.25, -0.2) is 0 Å². The Balaban J connectivity index is 0. The molecule has 0 bridgehead atoms. The van der Waals surface area contributed by atoms with E-state index in [9.17, 15) is 4.57 Å². The molecule has 0 rings (SSSR count). The van der Waals surface area contributed by atoms with Gasteiger partial charge in [-0.3, -0.25) is 9.46 Å². The van der Waals surface area contributed by atoms with E-state index in [1.165, 1.54) is 11.4 Å². The third-order valence-corrected chi connectivity index (χ3v) is 8.45. The molecule has 0 amide bonds. The third-order valence-electron chi connectivity index (χ3n) is 2.81. The average molecular weight is 426 g/mol. The lowest BCUT2D eigenvalue weighted by Gasteiger charge is -2.30. The molecule has 0 saturated carbocycles. The molecular formula is C15H34Cl2NO2PS2. The molecule has 23 heavy (non-hydrogen) atoms. The van der Waals surface area contributed by atoms with Crippen LogP contribution in [0.25, 0.3) is 0 Å². The average Bonchev–Trinajstić information content (AvgIpc) is 2.44. The fourth-order valence-corrected chi connectivity index (χ4v) is 5.93. The van der Waals surface area contributed by atoms with E-state index in [2.05, 4.69) is 32.6 Å². The van der Waals surface area contributed by atoms with E-state index in [1.807, 2.05) is 6.92 Å². The topological polar surface area (TPSA) is 29.5 Å². The van der Waals surface area contributed by atoms with Gasteiger partial charge in [-0.1, -0.05) is 11.4 Å². The fraction of sp³-hybridized carbons (Fsp3) is 1.00. The summed E-state index contributed by atoms with van der Waals surface area (Å²) >= 11 is 14.0. The Kier molecular flexibility index (Phi) is 19.6. The summed E-state index contributed by atoms with van der Waals surface area (Å²) in [6.07, 6.45) is 0. The van der Waals surface area contributed by atoms with Crippen molar-refractivity contribution in [2.24, 2.45) is 0 Å². The van der Waals surface area contributed by atoms with Crippen molar-refractivity contribution in [2.45, 2.75) is 46.7 Å². The zero-order valence-corrected chi connectivity index (χ0v) is 19.4. The highest BCUT2D eigenvalue weighted by Gasteiger charge is 2.18. The summed E-state index contributed by atoms with van der Waals surface area (Å²) < 4.78 is 17.1. The van der Waals surface area contributed by atoms with Crippen molar-refractivity contribution < 1.29 is 9.09 Å². The molecule has 142 valence electrons. The predicted molar refractivity (Wildman–Crippen MR) is 113 cm³/mol. The van der Waals surface area contributed by atoms with Crippen LogP contribution in [0.15, 0.2) is 0 Å². The lowest BCUT2D eigenvalue weighted by Crippen LogP contribution is -2.38. The predicted octanol–water partition coefficient (Wildman–Crippen LogP) is 5.90. The summed E-state index contributed by atoms with van der Waals surface area (Å²) in [5.74, 6) is 4.38. The Labute approximate surface area is 162 Å². The molecule has 0 saturated heterocycles. The summed E-state index contributed by atoms with van der Waals surface area (Å²) in [6, 6.07) is 1.06. The first-order chi connectivity index (χ1) is 10.7. The summed E-state index contributed by atoms with van der Waals surface area (Å²) in [6.45, 7) is 11.4. The van der Waals surface area contributed by atoms with E-state index in [4.69, 9.17) is 27.7 Å². The summed E-state index contributed by atoms with van der Waals surface area (Å²) in [5.41, 5.74) is 0. The highest BCUT2D eigenvalue weighted by atomic mass is 35.5. The Morgan fingerprint density at radius 3 is 1.87 bits per heavy atom. The van der Waals surface area contributed by atoms with Gasteiger partial charge >= 0.3 is 0 Å². The molecule has 0 spiro atoms. The molecule has 0 radical (unpaired) electrons. The Bertz CT molecular complexity index is 299. The second-order valence-electron chi connectivity index (χ2n) is 5.44. The number of hydrogen-bond acceptors (Lipinski definition) is 5. The molecule has 1 atom stereocenters. The van der Waals surface area contributed by atoms with E-state index >= 15 is 0 Å². The van der Waals surface area contributed by atoms with Crippen LogP contribution in [-0.4, -0.2) is 65.8 Å². The lowest BCUT2D eigenvalue weighted by molar-refractivity contribution is 0.187. The first-order valence-electron chi connectivity index (χ1n) is 8.03. The maximum Gasteiger partial charge on any atom is 0.254 e. The minimum absolute atomic E-state index is 0.527. The Hall–Kier alpha value is 1.43. The molecule has 0 aliphatic rings. The van der Waals surface area contributed by atoms with E-state index in [-0.39, 0.29) is 0 Å². The van der Waals surface area contributed by atoms with Crippen LogP contribution < -0.4 is 0 Å². The molecule has 0 heterocycles. The standard InChI is InChI=1S/C11H26NO2PS.C4H8Cl2S/c1-7-14-15(6,13)16-9-8-12(10(2)3)11(4)5;5-1-3-7-4-2-6/h10-11H,7-9H2,1-6H3;1-4H2. The minimum atomic E-state index is -2.42. The number of nitrogens with zero attached hydrogens (tertiary/aromatic N) is 1. The van der Waals surface area contributed by atoms with Gasteiger partial charge in [-0.15, -0.1) is 23.2 Å². The number of alkyl halides is 2. The first kappa shape index (κ1) is 26.7. The van der Waals surface area contributed by atoms with Crippen LogP contribution in [0.1, 0.15) is 34.6 Å². The van der Waals surface area contributed by atoms with Gasteiger partial charge in [0.1, 0.15) is 0 Å². The van der Waals surface area contributed by atoms with Crippen LogP contribution in [0, 0.1) is 0 Å². The zero-order chi connectivity index (χ0) is 18.3. The van der Waals surface area contributed by atoms with Gasteiger partial charge in [-0.2, -0.15) is 11.8 Å². The quantitative estimate of drug-likeness (QED) is 0.220. The van der Waals surface area contributed by atoms with Crippen molar-refractivity contribution in [1.29, 1.82) is 0 Å².